The van der Waals surface area contributed by atoms with Crippen molar-refractivity contribution in [1.82, 2.24) is 9.62 Å². The monoisotopic (exact) mass is 338 g/mol. The fourth-order valence-corrected chi connectivity index (χ4v) is 4.08. The molecule has 6 heteroatoms. The Morgan fingerprint density at radius 1 is 1.17 bits per heavy atom. The highest BCUT2D eigenvalue weighted by Gasteiger charge is 2.28. The molecule has 0 aromatic heterocycles. The lowest BCUT2D eigenvalue weighted by atomic mass is 10.0. The fourth-order valence-electron chi connectivity index (χ4n) is 2.53. The van der Waals surface area contributed by atoms with E-state index >= 15 is 0 Å². The summed E-state index contributed by atoms with van der Waals surface area (Å²) in [7, 11) is -3.50. The third-order valence-corrected chi connectivity index (χ3v) is 6.41. The van der Waals surface area contributed by atoms with Crippen LogP contribution in [0.4, 0.5) is 0 Å². The number of nitrogens with one attached hydrogen (secondary N) is 1. The molecule has 0 unspecified atom stereocenters. The van der Waals surface area contributed by atoms with Crippen LogP contribution in [-0.4, -0.2) is 37.8 Å². The number of amides is 1. The molecule has 1 N–H and O–H groups in total. The van der Waals surface area contributed by atoms with Gasteiger partial charge in [0.25, 0.3) is 5.91 Å². The van der Waals surface area contributed by atoms with Gasteiger partial charge in [-0.15, -0.1) is 0 Å². The van der Waals surface area contributed by atoms with Gasteiger partial charge in [-0.1, -0.05) is 19.9 Å². The van der Waals surface area contributed by atoms with E-state index in [4.69, 9.17) is 0 Å². The Morgan fingerprint density at radius 2 is 1.78 bits per heavy atom. The number of nitrogens with zero attached hydrogens (tertiary/aromatic N) is 1. The number of aryl methyl sites for hydroxylation is 1. The first-order valence-corrected chi connectivity index (χ1v) is 9.59. The van der Waals surface area contributed by atoms with Crippen molar-refractivity contribution < 1.29 is 13.2 Å². The van der Waals surface area contributed by atoms with Crippen molar-refractivity contribution >= 4 is 15.9 Å². The molecule has 1 aliphatic rings. The summed E-state index contributed by atoms with van der Waals surface area (Å²) in [5, 5.41) is 2.94. The van der Waals surface area contributed by atoms with Crippen molar-refractivity contribution in [2.45, 2.75) is 51.5 Å². The zero-order chi connectivity index (χ0) is 17.2. The van der Waals surface area contributed by atoms with Gasteiger partial charge in [-0.3, -0.25) is 4.79 Å². The van der Waals surface area contributed by atoms with Crippen molar-refractivity contribution in [2.24, 2.45) is 5.92 Å². The molecule has 0 bridgehead atoms. The molecule has 1 saturated heterocycles. The molecule has 1 aliphatic heterocycles. The molecule has 128 valence electrons. The van der Waals surface area contributed by atoms with E-state index in [0.29, 0.717) is 24.6 Å². The van der Waals surface area contributed by atoms with E-state index in [1.165, 1.54) is 10.4 Å². The molecular formula is C17H26N2O3S. The molecule has 1 aromatic rings. The van der Waals surface area contributed by atoms with E-state index in [9.17, 15) is 13.2 Å². The molecule has 1 atom stereocenters. The lowest BCUT2D eigenvalue weighted by molar-refractivity contribution is 0.0929. The second-order valence-corrected chi connectivity index (χ2v) is 8.53. The Morgan fingerprint density at radius 3 is 2.35 bits per heavy atom. The van der Waals surface area contributed by atoms with Gasteiger partial charge in [0, 0.05) is 24.7 Å². The lowest BCUT2D eigenvalue weighted by Gasteiger charge is -2.19. The van der Waals surface area contributed by atoms with Crippen LogP contribution in [0.5, 0.6) is 0 Å². The van der Waals surface area contributed by atoms with Gasteiger partial charge in [0.05, 0.1) is 4.90 Å². The lowest BCUT2D eigenvalue weighted by Crippen LogP contribution is -2.36. The van der Waals surface area contributed by atoms with Crippen molar-refractivity contribution in [3.05, 3.63) is 29.3 Å². The zero-order valence-electron chi connectivity index (χ0n) is 14.3. The van der Waals surface area contributed by atoms with E-state index in [0.717, 1.165) is 18.4 Å². The first-order valence-electron chi connectivity index (χ1n) is 8.15. The number of carbonyl (C=O) groups is 1. The average Bonchev–Trinajstić information content (AvgIpc) is 3.02. The van der Waals surface area contributed by atoms with E-state index in [-0.39, 0.29) is 16.8 Å². The summed E-state index contributed by atoms with van der Waals surface area (Å²) in [4.78, 5) is 12.7. The van der Waals surface area contributed by atoms with E-state index < -0.39 is 10.0 Å². The highest BCUT2D eigenvalue weighted by Crippen LogP contribution is 2.23. The average molecular weight is 338 g/mol. The minimum atomic E-state index is -3.50. The van der Waals surface area contributed by atoms with Gasteiger partial charge in [-0.25, -0.2) is 8.42 Å². The Kier molecular flexibility index (Phi) is 5.47. The maximum atomic E-state index is 12.6. The van der Waals surface area contributed by atoms with Crippen LogP contribution in [0.1, 0.15) is 49.5 Å². The zero-order valence-corrected chi connectivity index (χ0v) is 15.1. The number of hydrogen-bond donors (Lipinski definition) is 1. The smallest absolute Gasteiger partial charge is 0.251 e. The predicted molar refractivity (Wildman–Crippen MR) is 90.9 cm³/mol. The Balaban J connectivity index is 2.30. The van der Waals surface area contributed by atoms with E-state index in [1.807, 2.05) is 27.7 Å². The van der Waals surface area contributed by atoms with Crippen molar-refractivity contribution in [3.63, 3.8) is 0 Å². The topological polar surface area (TPSA) is 66.5 Å². The van der Waals surface area contributed by atoms with Crippen molar-refractivity contribution in [3.8, 4) is 0 Å². The molecule has 0 saturated carbocycles. The maximum absolute atomic E-state index is 12.6. The summed E-state index contributed by atoms with van der Waals surface area (Å²) in [5.74, 6) is 0.0953. The molecule has 5 nitrogen and oxygen atoms in total. The molecule has 0 aliphatic carbocycles. The summed E-state index contributed by atoms with van der Waals surface area (Å²) >= 11 is 0. The first-order chi connectivity index (χ1) is 10.7. The van der Waals surface area contributed by atoms with Crippen molar-refractivity contribution in [2.75, 3.05) is 13.1 Å². The van der Waals surface area contributed by atoms with Crippen LogP contribution in [0.15, 0.2) is 23.1 Å². The third kappa shape index (κ3) is 3.93. The molecule has 1 aromatic carbocycles. The summed E-state index contributed by atoms with van der Waals surface area (Å²) in [5.41, 5.74) is 1.21. The molecular weight excluding hydrogens is 312 g/mol. The SMILES string of the molecule is Cc1ccc(S(=O)(=O)N2CCCC2)cc1C(=O)N[C@H](C)C(C)C. The van der Waals surface area contributed by atoms with Crippen LogP contribution in [0.25, 0.3) is 0 Å². The fraction of sp³-hybridized carbons (Fsp3) is 0.588. The Labute approximate surface area is 139 Å². The van der Waals surface area contributed by atoms with Gasteiger partial charge in [0.15, 0.2) is 0 Å². The standard InChI is InChI=1S/C17H26N2O3S/c1-12(2)14(4)18-17(20)16-11-15(8-7-13(16)3)23(21,22)19-9-5-6-10-19/h7-8,11-12,14H,5-6,9-10H2,1-4H3,(H,18,20)/t14-/m1/s1. The van der Waals surface area contributed by atoms with Crippen LogP contribution >= 0.6 is 0 Å². The maximum Gasteiger partial charge on any atom is 0.251 e. The molecule has 1 amide bonds. The molecule has 1 fully saturated rings. The number of benzene rings is 1. The Bertz CT molecular complexity index is 677. The first kappa shape index (κ1) is 17.9. The molecule has 0 radical (unpaired) electrons. The summed E-state index contributed by atoms with van der Waals surface area (Å²) in [6, 6.07) is 4.83. The number of carbonyl (C=O) groups excluding carboxylic acids is 1. The van der Waals surface area contributed by atoms with Crippen LogP contribution in [0.3, 0.4) is 0 Å². The second kappa shape index (κ2) is 7.01. The van der Waals surface area contributed by atoms with Gasteiger partial charge in [-0.2, -0.15) is 4.31 Å². The van der Waals surface area contributed by atoms with Gasteiger partial charge < -0.3 is 5.32 Å². The molecule has 1 heterocycles. The number of hydrogen-bond acceptors (Lipinski definition) is 3. The molecule has 23 heavy (non-hydrogen) atoms. The Hall–Kier alpha value is -1.40. The van der Waals surface area contributed by atoms with E-state index in [2.05, 4.69) is 5.32 Å². The molecule has 2 rings (SSSR count). The van der Waals surface area contributed by atoms with Crippen LogP contribution in [0, 0.1) is 12.8 Å². The molecule has 0 spiro atoms. The quantitative estimate of drug-likeness (QED) is 0.897. The summed E-state index contributed by atoms with van der Waals surface area (Å²) < 4.78 is 26.8. The summed E-state index contributed by atoms with van der Waals surface area (Å²) in [6.45, 7) is 8.95. The second-order valence-electron chi connectivity index (χ2n) is 6.59. The van der Waals surface area contributed by atoms with Gasteiger partial charge >= 0.3 is 0 Å². The highest BCUT2D eigenvalue weighted by molar-refractivity contribution is 7.89. The van der Waals surface area contributed by atoms with Crippen LogP contribution in [-0.2, 0) is 10.0 Å². The minimum absolute atomic E-state index is 0.0285. The van der Waals surface area contributed by atoms with Gasteiger partial charge in [0.2, 0.25) is 10.0 Å². The minimum Gasteiger partial charge on any atom is -0.349 e. The highest BCUT2D eigenvalue weighted by atomic mass is 32.2. The normalized spacial score (nSPS) is 17.4. The summed E-state index contributed by atoms with van der Waals surface area (Å²) in [6.07, 6.45) is 1.79. The number of rotatable bonds is 5. The van der Waals surface area contributed by atoms with Crippen molar-refractivity contribution in [1.29, 1.82) is 0 Å². The predicted octanol–water partition coefficient (Wildman–Crippen LogP) is 2.55. The van der Waals surface area contributed by atoms with Crippen LogP contribution in [0.2, 0.25) is 0 Å². The van der Waals surface area contributed by atoms with Crippen LogP contribution < -0.4 is 5.32 Å². The number of sulfonamides is 1. The largest absolute Gasteiger partial charge is 0.349 e. The van der Waals surface area contributed by atoms with Gasteiger partial charge in [-0.05, 0) is 50.3 Å². The third-order valence-electron chi connectivity index (χ3n) is 4.52. The van der Waals surface area contributed by atoms with Gasteiger partial charge in [0.1, 0.15) is 0 Å². The van der Waals surface area contributed by atoms with E-state index in [1.54, 1.807) is 12.1 Å².